The highest BCUT2D eigenvalue weighted by Crippen LogP contribution is 2.37. The van der Waals surface area contributed by atoms with E-state index in [0.717, 1.165) is 18.4 Å². The molecule has 2 unspecified atom stereocenters. The molecule has 0 spiro atoms. The van der Waals surface area contributed by atoms with Crippen molar-refractivity contribution in [1.29, 1.82) is 0 Å². The average Bonchev–Trinajstić information content (AvgIpc) is 2.55. The predicted octanol–water partition coefficient (Wildman–Crippen LogP) is 4.79. The first kappa shape index (κ1) is 14.3. The standard InChI is InChI=1S/C20H24O/c1-2-15-10-12-17(13-11-15)20(21)14-18-8-5-7-16-6-3-4-9-19(16)18/h3-4,6,9-13,18,20-21H,2,5,7-8,14H2,1H3. The molecule has 1 aliphatic carbocycles. The summed E-state index contributed by atoms with van der Waals surface area (Å²) >= 11 is 0. The lowest BCUT2D eigenvalue weighted by Gasteiger charge is -2.27. The predicted molar refractivity (Wildman–Crippen MR) is 87.5 cm³/mol. The number of fused-ring (bicyclic) bond motifs is 1. The average molecular weight is 280 g/mol. The quantitative estimate of drug-likeness (QED) is 0.853. The number of rotatable bonds is 4. The van der Waals surface area contributed by atoms with E-state index in [1.54, 1.807) is 0 Å². The van der Waals surface area contributed by atoms with Crippen LogP contribution in [0.2, 0.25) is 0 Å². The lowest BCUT2D eigenvalue weighted by Crippen LogP contribution is -2.13. The molecule has 0 amide bonds. The van der Waals surface area contributed by atoms with Crippen molar-refractivity contribution >= 4 is 0 Å². The maximum absolute atomic E-state index is 10.6. The van der Waals surface area contributed by atoms with E-state index in [1.165, 1.54) is 36.0 Å². The first-order chi connectivity index (χ1) is 10.3. The lowest BCUT2D eigenvalue weighted by atomic mass is 9.79. The maximum atomic E-state index is 10.6. The molecule has 1 heteroatoms. The van der Waals surface area contributed by atoms with Gasteiger partial charge in [-0.05, 0) is 60.3 Å². The molecule has 110 valence electrons. The number of aliphatic hydroxyl groups excluding tert-OH is 1. The van der Waals surface area contributed by atoms with Gasteiger partial charge in [-0.15, -0.1) is 0 Å². The molecule has 21 heavy (non-hydrogen) atoms. The Balaban J connectivity index is 1.74. The van der Waals surface area contributed by atoms with Gasteiger partial charge in [-0.1, -0.05) is 55.5 Å². The van der Waals surface area contributed by atoms with E-state index in [4.69, 9.17) is 0 Å². The third-order valence-corrected chi connectivity index (χ3v) is 4.77. The summed E-state index contributed by atoms with van der Waals surface area (Å²) < 4.78 is 0. The summed E-state index contributed by atoms with van der Waals surface area (Å²) in [4.78, 5) is 0. The van der Waals surface area contributed by atoms with Gasteiger partial charge in [0.05, 0.1) is 6.10 Å². The molecule has 2 aromatic carbocycles. The highest BCUT2D eigenvalue weighted by Gasteiger charge is 2.23. The first-order valence-corrected chi connectivity index (χ1v) is 8.12. The molecule has 1 nitrogen and oxygen atoms in total. The monoisotopic (exact) mass is 280 g/mol. The molecule has 0 fully saturated rings. The molecule has 0 aromatic heterocycles. The molecule has 0 radical (unpaired) electrons. The van der Waals surface area contributed by atoms with E-state index in [2.05, 4.69) is 55.5 Å². The smallest absolute Gasteiger partial charge is 0.0795 e. The normalized spacial score (nSPS) is 19.0. The Kier molecular flexibility index (Phi) is 4.40. The molecule has 1 aliphatic rings. The number of aliphatic hydroxyl groups is 1. The molecular formula is C20H24O. The van der Waals surface area contributed by atoms with Crippen LogP contribution in [0.15, 0.2) is 48.5 Å². The second kappa shape index (κ2) is 6.44. The van der Waals surface area contributed by atoms with Crippen LogP contribution >= 0.6 is 0 Å². The fraction of sp³-hybridized carbons (Fsp3) is 0.400. The van der Waals surface area contributed by atoms with Crippen molar-refractivity contribution in [2.24, 2.45) is 0 Å². The second-order valence-electron chi connectivity index (χ2n) is 6.13. The summed E-state index contributed by atoms with van der Waals surface area (Å²) in [5.41, 5.74) is 5.31. The van der Waals surface area contributed by atoms with E-state index < -0.39 is 0 Å². The van der Waals surface area contributed by atoms with Crippen molar-refractivity contribution in [2.45, 2.75) is 51.0 Å². The van der Waals surface area contributed by atoms with Gasteiger partial charge < -0.3 is 5.11 Å². The summed E-state index contributed by atoms with van der Waals surface area (Å²) in [7, 11) is 0. The number of benzene rings is 2. The van der Waals surface area contributed by atoms with Crippen LogP contribution in [0.5, 0.6) is 0 Å². The van der Waals surface area contributed by atoms with E-state index in [9.17, 15) is 5.11 Å². The van der Waals surface area contributed by atoms with Crippen LogP contribution in [0.4, 0.5) is 0 Å². The molecule has 0 heterocycles. The zero-order chi connectivity index (χ0) is 14.7. The first-order valence-electron chi connectivity index (χ1n) is 8.12. The minimum Gasteiger partial charge on any atom is -0.388 e. The van der Waals surface area contributed by atoms with Crippen LogP contribution in [-0.4, -0.2) is 5.11 Å². The zero-order valence-electron chi connectivity index (χ0n) is 12.8. The molecule has 0 aliphatic heterocycles. The molecule has 0 bridgehead atoms. The summed E-state index contributed by atoms with van der Waals surface area (Å²) in [6.45, 7) is 2.16. The van der Waals surface area contributed by atoms with Crippen LogP contribution in [0, 0.1) is 0 Å². The Labute approximate surface area is 127 Å². The number of hydrogen-bond donors (Lipinski definition) is 1. The van der Waals surface area contributed by atoms with Crippen molar-refractivity contribution < 1.29 is 5.11 Å². The van der Waals surface area contributed by atoms with Gasteiger partial charge in [-0.25, -0.2) is 0 Å². The van der Waals surface area contributed by atoms with Crippen molar-refractivity contribution in [3.05, 3.63) is 70.8 Å². The topological polar surface area (TPSA) is 20.2 Å². The van der Waals surface area contributed by atoms with Gasteiger partial charge in [-0.3, -0.25) is 0 Å². The molecular weight excluding hydrogens is 256 g/mol. The summed E-state index contributed by atoms with van der Waals surface area (Å²) in [5, 5.41) is 10.6. The van der Waals surface area contributed by atoms with Gasteiger partial charge in [0, 0.05) is 0 Å². The van der Waals surface area contributed by atoms with Gasteiger partial charge in [0.15, 0.2) is 0 Å². The Morgan fingerprint density at radius 1 is 1.10 bits per heavy atom. The van der Waals surface area contributed by atoms with Crippen molar-refractivity contribution in [2.75, 3.05) is 0 Å². The van der Waals surface area contributed by atoms with Crippen molar-refractivity contribution in [3.63, 3.8) is 0 Å². The van der Waals surface area contributed by atoms with Gasteiger partial charge in [0.2, 0.25) is 0 Å². The van der Waals surface area contributed by atoms with E-state index in [0.29, 0.717) is 5.92 Å². The van der Waals surface area contributed by atoms with E-state index in [1.807, 2.05) is 0 Å². The fourth-order valence-corrected chi connectivity index (χ4v) is 3.48. The molecule has 0 saturated carbocycles. The minimum absolute atomic E-state index is 0.355. The summed E-state index contributed by atoms with van der Waals surface area (Å²) in [6, 6.07) is 17.2. The Hall–Kier alpha value is -1.60. The van der Waals surface area contributed by atoms with E-state index in [-0.39, 0.29) is 6.10 Å². The Morgan fingerprint density at radius 3 is 2.62 bits per heavy atom. The third-order valence-electron chi connectivity index (χ3n) is 4.77. The van der Waals surface area contributed by atoms with Crippen LogP contribution < -0.4 is 0 Å². The SMILES string of the molecule is CCc1ccc(C(O)CC2CCCc3ccccc32)cc1. The minimum atomic E-state index is -0.355. The molecule has 3 rings (SSSR count). The summed E-state index contributed by atoms with van der Waals surface area (Å²) in [6.07, 6.45) is 5.15. The van der Waals surface area contributed by atoms with Crippen molar-refractivity contribution in [1.82, 2.24) is 0 Å². The van der Waals surface area contributed by atoms with Gasteiger partial charge in [0.1, 0.15) is 0 Å². The Bertz CT molecular complexity index is 585. The third kappa shape index (κ3) is 3.19. The summed E-state index contributed by atoms with van der Waals surface area (Å²) in [5.74, 6) is 0.496. The molecule has 2 atom stereocenters. The highest BCUT2D eigenvalue weighted by atomic mass is 16.3. The van der Waals surface area contributed by atoms with Crippen LogP contribution in [-0.2, 0) is 12.8 Å². The van der Waals surface area contributed by atoms with Gasteiger partial charge >= 0.3 is 0 Å². The van der Waals surface area contributed by atoms with Crippen LogP contribution in [0.25, 0.3) is 0 Å². The maximum Gasteiger partial charge on any atom is 0.0795 e. The lowest BCUT2D eigenvalue weighted by molar-refractivity contribution is 0.154. The largest absolute Gasteiger partial charge is 0.388 e. The highest BCUT2D eigenvalue weighted by molar-refractivity contribution is 5.33. The fourth-order valence-electron chi connectivity index (χ4n) is 3.48. The Morgan fingerprint density at radius 2 is 1.86 bits per heavy atom. The number of hydrogen-bond acceptors (Lipinski definition) is 1. The molecule has 0 saturated heterocycles. The van der Waals surface area contributed by atoms with Crippen LogP contribution in [0.1, 0.15) is 60.5 Å². The van der Waals surface area contributed by atoms with Crippen LogP contribution in [0.3, 0.4) is 0 Å². The molecule has 2 aromatic rings. The van der Waals surface area contributed by atoms with Crippen molar-refractivity contribution in [3.8, 4) is 0 Å². The van der Waals surface area contributed by atoms with E-state index >= 15 is 0 Å². The van der Waals surface area contributed by atoms with Gasteiger partial charge in [0.25, 0.3) is 0 Å². The van der Waals surface area contributed by atoms with Gasteiger partial charge in [-0.2, -0.15) is 0 Å². The zero-order valence-corrected chi connectivity index (χ0v) is 12.8. The second-order valence-corrected chi connectivity index (χ2v) is 6.13. The molecule has 1 N–H and O–H groups in total. The number of aryl methyl sites for hydroxylation is 2.